The molecule has 1 fully saturated rings. The zero-order valence-corrected chi connectivity index (χ0v) is 21.6. The minimum absolute atomic E-state index is 0.0611. The van der Waals surface area contributed by atoms with E-state index in [0.29, 0.717) is 30.5 Å². The highest BCUT2D eigenvalue weighted by Crippen LogP contribution is 2.42. The summed E-state index contributed by atoms with van der Waals surface area (Å²) in [7, 11) is 0. The van der Waals surface area contributed by atoms with Crippen molar-refractivity contribution >= 4 is 5.78 Å². The zero-order chi connectivity index (χ0) is 29.4. The first-order chi connectivity index (χ1) is 18.7. The lowest BCUT2D eigenvalue weighted by atomic mass is 9.67. The molecule has 6 nitrogen and oxygen atoms in total. The predicted molar refractivity (Wildman–Crippen MR) is 133 cm³/mol. The van der Waals surface area contributed by atoms with Crippen LogP contribution in [0.25, 0.3) is 11.3 Å². The largest absolute Gasteiger partial charge is 0.484 e. The van der Waals surface area contributed by atoms with Gasteiger partial charge in [-0.1, -0.05) is 6.92 Å². The van der Waals surface area contributed by atoms with Crippen LogP contribution in [-0.2, 0) is 6.42 Å². The van der Waals surface area contributed by atoms with Gasteiger partial charge in [0, 0.05) is 37.0 Å². The Morgan fingerprint density at radius 2 is 1.80 bits per heavy atom. The summed E-state index contributed by atoms with van der Waals surface area (Å²) in [6, 6.07) is 4.14. The van der Waals surface area contributed by atoms with Gasteiger partial charge in [-0.3, -0.25) is 9.78 Å². The van der Waals surface area contributed by atoms with Gasteiger partial charge in [0.05, 0.1) is 11.2 Å². The van der Waals surface area contributed by atoms with Crippen molar-refractivity contribution in [3.63, 3.8) is 0 Å². The first-order valence-corrected chi connectivity index (χ1v) is 12.5. The monoisotopic (exact) mass is 567 g/mol. The van der Waals surface area contributed by atoms with Crippen LogP contribution in [0.1, 0.15) is 54.2 Å². The molecule has 4 atom stereocenters. The molecule has 1 aliphatic rings. The summed E-state index contributed by atoms with van der Waals surface area (Å²) in [5.74, 6) is -5.48. The third kappa shape index (κ3) is 6.28. The van der Waals surface area contributed by atoms with Gasteiger partial charge in [0.1, 0.15) is 34.6 Å². The molecule has 3 N–H and O–H groups in total. The van der Waals surface area contributed by atoms with Crippen molar-refractivity contribution < 1.29 is 41.0 Å². The molecular weight excluding hydrogens is 540 g/mol. The highest BCUT2D eigenvalue weighted by Gasteiger charge is 2.42. The minimum atomic E-state index is -4.73. The Morgan fingerprint density at radius 3 is 2.42 bits per heavy atom. The molecule has 40 heavy (non-hydrogen) atoms. The number of hydrogen-bond acceptors (Lipinski definition) is 6. The smallest absolute Gasteiger partial charge is 0.422 e. The summed E-state index contributed by atoms with van der Waals surface area (Å²) in [5, 5.41) is 10.7. The third-order valence-corrected chi connectivity index (χ3v) is 7.44. The summed E-state index contributed by atoms with van der Waals surface area (Å²) < 4.78 is 85.6. The second kappa shape index (κ2) is 11.2. The van der Waals surface area contributed by atoms with Crippen molar-refractivity contribution in [2.24, 2.45) is 11.7 Å². The SMILES string of the molecule is C[C@H]1C[C@@H](c2ccncc2CC(=O)c2ccc(F)c(-c3c(F)cc(OCC(F)(F)F)cc3F)n2)C[C@@H](N)[C@]1(C)O. The molecule has 0 saturated heterocycles. The van der Waals surface area contributed by atoms with E-state index in [0.717, 1.165) is 17.7 Å². The van der Waals surface area contributed by atoms with E-state index in [2.05, 4.69) is 14.7 Å². The fourth-order valence-electron chi connectivity index (χ4n) is 4.97. The number of aromatic nitrogens is 2. The van der Waals surface area contributed by atoms with Crippen molar-refractivity contribution in [1.82, 2.24) is 9.97 Å². The molecule has 1 aromatic carbocycles. The van der Waals surface area contributed by atoms with Gasteiger partial charge in [-0.2, -0.15) is 13.2 Å². The topological polar surface area (TPSA) is 98.3 Å². The average molecular weight is 568 g/mol. The first-order valence-electron chi connectivity index (χ1n) is 12.5. The van der Waals surface area contributed by atoms with E-state index in [9.17, 15) is 36.2 Å². The van der Waals surface area contributed by atoms with Crippen LogP contribution in [0.3, 0.4) is 0 Å². The number of rotatable bonds is 7. The fourth-order valence-corrected chi connectivity index (χ4v) is 4.97. The number of alkyl halides is 3. The van der Waals surface area contributed by atoms with E-state index in [-0.39, 0.29) is 24.0 Å². The van der Waals surface area contributed by atoms with Crippen molar-refractivity contribution in [3.8, 4) is 17.0 Å². The second-order valence-electron chi connectivity index (χ2n) is 10.3. The number of benzene rings is 1. The maximum atomic E-state index is 14.7. The Morgan fingerprint density at radius 1 is 1.12 bits per heavy atom. The number of aliphatic hydroxyl groups is 1. The van der Waals surface area contributed by atoms with Crippen LogP contribution in [0.2, 0.25) is 0 Å². The molecule has 2 heterocycles. The van der Waals surface area contributed by atoms with Crippen molar-refractivity contribution in [1.29, 1.82) is 0 Å². The van der Waals surface area contributed by atoms with E-state index in [1.807, 2.05) is 6.92 Å². The number of Topliss-reactive ketones (excluding diaryl/α,β-unsaturated/α-hetero) is 1. The Bertz CT molecular complexity index is 1380. The van der Waals surface area contributed by atoms with Gasteiger partial charge in [-0.15, -0.1) is 0 Å². The molecule has 0 spiro atoms. The number of hydrogen-bond donors (Lipinski definition) is 2. The quantitative estimate of drug-likeness (QED) is 0.288. The first kappa shape index (κ1) is 29.5. The van der Waals surface area contributed by atoms with Crippen LogP contribution in [0, 0.1) is 23.4 Å². The van der Waals surface area contributed by atoms with Crippen LogP contribution in [0.15, 0.2) is 42.7 Å². The minimum Gasteiger partial charge on any atom is -0.484 e. The molecule has 0 unspecified atom stereocenters. The van der Waals surface area contributed by atoms with Gasteiger partial charge in [0.15, 0.2) is 12.4 Å². The predicted octanol–water partition coefficient (Wildman–Crippen LogP) is 5.52. The average Bonchev–Trinajstić information content (AvgIpc) is 2.86. The van der Waals surface area contributed by atoms with Crippen molar-refractivity contribution in [3.05, 3.63) is 77.0 Å². The van der Waals surface area contributed by atoms with E-state index >= 15 is 0 Å². The number of pyridine rings is 2. The molecule has 0 amide bonds. The van der Waals surface area contributed by atoms with Crippen LogP contribution in [0.5, 0.6) is 5.75 Å². The summed E-state index contributed by atoms with van der Waals surface area (Å²) in [4.78, 5) is 21.1. The lowest BCUT2D eigenvalue weighted by Crippen LogP contribution is -2.54. The maximum Gasteiger partial charge on any atom is 0.422 e. The van der Waals surface area contributed by atoms with E-state index in [1.165, 1.54) is 6.20 Å². The summed E-state index contributed by atoms with van der Waals surface area (Å²) in [6.45, 7) is 1.82. The van der Waals surface area contributed by atoms with Crippen LogP contribution < -0.4 is 10.5 Å². The molecule has 4 rings (SSSR count). The number of carbonyl (C=O) groups is 1. The van der Waals surface area contributed by atoms with Crippen LogP contribution >= 0.6 is 0 Å². The van der Waals surface area contributed by atoms with E-state index < -0.39 is 64.7 Å². The number of nitrogens with zero attached hydrogens (tertiary/aromatic N) is 2. The molecule has 12 heteroatoms. The molecule has 0 radical (unpaired) electrons. The highest BCUT2D eigenvalue weighted by atomic mass is 19.4. The Kier molecular flexibility index (Phi) is 8.23. The summed E-state index contributed by atoms with van der Waals surface area (Å²) in [6.07, 6.45) is -0.752. The van der Waals surface area contributed by atoms with Gasteiger partial charge in [-0.25, -0.2) is 18.2 Å². The summed E-state index contributed by atoms with van der Waals surface area (Å²) in [5.41, 5.74) is 4.52. The number of ketones is 1. The molecule has 1 saturated carbocycles. The van der Waals surface area contributed by atoms with Crippen molar-refractivity contribution in [2.45, 2.75) is 56.8 Å². The number of halogens is 6. The molecule has 2 aromatic heterocycles. The van der Waals surface area contributed by atoms with E-state index in [1.54, 1.807) is 19.2 Å². The standard InChI is InChI=1S/C28H27F6N3O3/c1-14-7-15(9-24(35)27(14,2)39)18-5-6-36-12-16(18)8-23(38)22-4-3-19(29)26(37-22)25-20(30)10-17(11-21(25)31)40-13-28(32,33)34/h3-6,10-12,14-15,24,39H,7-9,13,35H2,1-2H3/t14-,15+,24+,27+/m0/s1. The van der Waals surface area contributed by atoms with Crippen molar-refractivity contribution in [2.75, 3.05) is 6.61 Å². The molecule has 1 aliphatic carbocycles. The second-order valence-corrected chi connectivity index (χ2v) is 10.3. The summed E-state index contributed by atoms with van der Waals surface area (Å²) >= 11 is 0. The lowest BCUT2D eigenvalue weighted by molar-refractivity contribution is -0.153. The Balaban J connectivity index is 1.60. The third-order valence-electron chi connectivity index (χ3n) is 7.44. The van der Waals surface area contributed by atoms with Gasteiger partial charge in [0.25, 0.3) is 0 Å². The maximum absolute atomic E-state index is 14.7. The fraction of sp³-hybridized carbons (Fsp3) is 0.393. The normalized spacial score (nSPS) is 23.2. The Labute approximate surface area is 226 Å². The van der Waals surface area contributed by atoms with Gasteiger partial charge in [0.2, 0.25) is 0 Å². The van der Waals surface area contributed by atoms with Crippen LogP contribution in [0.4, 0.5) is 26.3 Å². The lowest BCUT2D eigenvalue weighted by Gasteiger charge is -2.44. The zero-order valence-electron chi connectivity index (χ0n) is 21.6. The van der Waals surface area contributed by atoms with Gasteiger partial charge >= 0.3 is 6.18 Å². The van der Waals surface area contributed by atoms with Crippen LogP contribution in [-0.4, -0.2) is 45.3 Å². The van der Waals surface area contributed by atoms with E-state index in [4.69, 9.17) is 5.73 Å². The highest BCUT2D eigenvalue weighted by molar-refractivity contribution is 5.96. The molecule has 0 aliphatic heterocycles. The molecule has 0 bridgehead atoms. The Hall–Kier alpha value is -3.51. The van der Waals surface area contributed by atoms with Gasteiger partial charge in [-0.05, 0) is 60.9 Å². The molecular formula is C28H27F6N3O3. The molecule has 214 valence electrons. The number of ether oxygens (including phenoxy) is 1. The van der Waals surface area contributed by atoms with Gasteiger partial charge < -0.3 is 15.6 Å². The number of nitrogens with two attached hydrogens (primary N) is 1. The number of carbonyl (C=O) groups excluding carboxylic acids is 1. The molecule has 3 aromatic rings.